The van der Waals surface area contributed by atoms with E-state index in [9.17, 15) is 9.59 Å². The van der Waals surface area contributed by atoms with Gasteiger partial charge in [0, 0.05) is 18.2 Å². The van der Waals surface area contributed by atoms with Crippen LogP contribution in [0.2, 0.25) is 0 Å². The number of thiophene rings is 1. The summed E-state index contributed by atoms with van der Waals surface area (Å²) in [4.78, 5) is 23.4. The van der Waals surface area contributed by atoms with E-state index in [1.54, 1.807) is 6.92 Å². The zero-order chi connectivity index (χ0) is 13.7. The number of halogens is 1. The van der Waals surface area contributed by atoms with Crippen molar-refractivity contribution >= 4 is 39.2 Å². The van der Waals surface area contributed by atoms with Crippen LogP contribution in [-0.4, -0.2) is 25.2 Å². The Bertz CT molecular complexity index is 453. The van der Waals surface area contributed by atoms with E-state index >= 15 is 0 Å². The molecule has 0 bridgehead atoms. The zero-order valence-electron chi connectivity index (χ0n) is 10.5. The Labute approximate surface area is 118 Å². The molecule has 0 aliphatic rings. The van der Waals surface area contributed by atoms with Crippen molar-refractivity contribution in [2.24, 2.45) is 0 Å². The lowest BCUT2D eigenvalue weighted by Crippen LogP contribution is -2.09. The second kappa shape index (κ2) is 6.89. The molecule has 100 valence electrons. The number of carbonyl (C=O) groups is 2. The van der Waals surface area contributed by atoms with Crippen LogP contribution in [0.5, 0.6) is 0 Å². The first-order valence-electron chi connectivity index (χ1n) is 5.55. The molecule has 0 saturated heterocycles. The summed E-state index contributed by atoms with van der Waals surface area (Å²) < 4.78 is 10.8. The predicted octanol–water partition coefficient (Wildman–Crippen LogP) is 3.10. The first-order valence-corrected chi connectivity index (χ1v) is 7.16. The quantitative estimate of drug-likeness (QED) is 0.776. The van der Waals surface area contributed by atoms with Crippen LogP contribution in [0.4, 0.5) is 0 Å². The average molecular weight is 335 g/mol. The third-order valence-corrected chi connectivity index (χ3v) is 4.50. The van der Waals surface area contributed by atoms with E-state index in [0.29, 0.717) is 18.6 Å². The minimum absolute atomic E-state index is 0.272. The summed E-state index contributed by atoms with van der Waals surface area (Å²) in [5.41, 5.74) is 1.46. The molecule has 0 spiro atoms. The van der Waals surface area contributed by atoms with Crippen molar-refractivity contribution in [1.29, 1.82) is 0 Å². The van der Waals surface area contributed by atoms with E-state index in [1.165, 1.54) is 18.3 Å². The maximum atomic E-state index is 11.9. The van der Waals surface area contributed by atoms with E-state index in [1.807, 2.05) is 6.92 Å². The molecule has 0 radical (unpaired) electrons. The molecule has 0 fully saturated rings. The SMILES string of the molecule is CCOC(=O)c1c(CCOC(C)=O)sc(Br)c1C. The number of hydrogen-bond acceptors (Lipinski definition) is 5. The Balaban J connectivity index is 2.86. The number of rotatable bonds is 5. The fourth-order valence-corrected chi connectivity index (χ4v) is 3.26. The van der Waals surface area contributed by atoms with Gasteiger partial charge in [-0.05, 0) is 35.3 Å². The average Bonchev–Trinajstić information content (AvgIpc) is 2.55. The van der Waals surface area contributed by atoms with Crippen LogP contribution in [0.3, 0.4) is 0 Å². The molecule has 0 aromatic carbocycles. The Morgan fingerprint density at radius 1 is 1.33 bits per heavy atom. The summed E-state index contributed by atoms with van der Waals surface area (Å²) in [6.07, 6.45) is 0.519. The van der Waals surface area contributed by atoms with E-state index in [2.05, 4.69) is 15.9 Å². The van der Waals surface area contributed by atoms with Gasteiger partial charge in [-0.15, -0.1) is 11.3 Å². The molecule has 0 N–H and O–H groups in total. The van der Waals surface area contributed by atoms with Gasteiger partial charge in [-0.1, -0.05) is 0 Å². The topological polar surface area (TPSA) is 52.6 Å². The monoisotopic (exact) mass is 334 g/mol. The molecule has 0 aliphatic carbocycles. The van der Waals surface area contributed by atoms with E-state index in [-0.39, 0.29) is 18.5 Å². The van der Waals surface area contributed by atoms with Gasteiger partial charge in [0.15, 0.2) is 0 Å². The Morgan fingerprint density at radius 2 is 2.00 bits per heavy atom. The molecule has 0 aliphatic heterocycles. The minimum Gasteiger partial charge on any atom is -0.465 e. The van der Waals surface area contributed by atoms with Crippen molar-refractivity contribution in [3.8, 4) is 0 Å². The molecule has 1 rings (SSSR count). The number of ether oxygens (including phenoxy) is 2. The standard InChI is InChI=1S/C12H15BrO4S/c1-4-16-12(15)10-7(2)11(13)18-9(10)5-6-17-8(3)14/h4-6H2,1-3H3. The van der Waals surface area contributed by atoms with Crippen LogP contribution in [0.1, 0.15) is 34.6 Å². The number of carbonyl (C=O) groups excluding carboxylic acids is 2. The smallest absolute Gasteiger partial charge is 0.339 e. The minimum atomic E-state index is -0.324. The number of esters is 2. The van der Waals surface area contributed by atoms with Gasteiger partial charge in [-0.25, -0.2) is 4.79 Å². The normalized spacial score (nSPS) is 10.2. The lowest BCUT2D eigenvalue weighted by Gasteiger charge is -2.05. The molecule has 0 atom stereocenters. The molecular formula is C12H15BrO4S. The predicted molar refractivity (Wildman–Crippen MR) is 73.0 cm³/mol. The van der Waals surface area contributed by atoms with Gasteiger partial charge >= 0.3 is 11.9 Å². The van der Waals surface area contributed by atoms with Crippen molar-refractivity contribution < 1.29 is 19.1 Å². The first kappa shape index (κ1) is 15.2. The van der Waals surface area contributed by atoms with Crippen molar-refractivity contribution in [3.63, 3.8) is 0 Å². The fourth-order valence-electron chi connectivity index (χ4n) is 1.48. The van der Waals surface area contributed by atoms with Gasteiger partial charge in [0.2, 0.25) is 0 Å². The van der Waals surface area contributed by atoms with Gasteiger partial charge in [-0.2, -0.15) is 0 Å². The third kappa shape index (κ3) is 3.81. The number of hydrogen-bond donors (Lipinski definition) is 0. The maximum absolute atomic E-state index is 11.9. The molecule has 0 amide bonds. The molecule has 6 heteroatoms. The van der Waals surface area contributed by atoms with E-state index < -0.39 is 0 Å². The summed E-state index contributed by atoms with van der Waals surface area (Å²) in [6.45, 7) is 5.61. The Kier molecular flexibility index (Phi) is 5.81. The Hall–Kier alpha value is -0.880. The lowest BCUT2D eigenvalue weighted by molar-refractivity contribution is -0.140. The summed E-state index contributed by atoms with van der Waals surface area (Å²) in [5, 5.41) is 0. The van der Waals surface area contributed by atoms with Gasteiger partial charge in [-0.3, -0.25) is 4.79 Å². The summed E-state index contributed by atoms with van der Waals surface area (Å²) >= 11 is 4.88. The molecule has 1 aromatic heterocycles. The van der Waals surface area contributed by atoms with Crippen molar-refractivity contribution in [2.45, 2.75) is 27.2 Å². The summed E-state index contributed by atoms with van der Waals surface area (Å²) in [5.74, 6) is -0.644. The van der Waals surface area contributed by atoms with Crippen LogP contribution in [0, 0.1) is 6.92 Å². The maximum Gasteiger partial charge on any atom is 0.339 e. The van der Waals surface area contributed by atoms with Gasteiger partial charge < -0.3 is 9.47 Å². The van der Waals surface area contributed by atoms with Gasteiger partial charge in [0.1, 0.15) is 0 Å². The zero-order valence-corrected chi connectivity index (χ0v) is 12.9. The highest BCUT2D eigenvalue weighted by molar-refractivity contribution is 9.11. The van der Waals surface area contributed by atoms with Crippen molar-refractivity contribution in [2.75, 3.05) is 13.2 Å². The van der Waals surface area contributed by atoms with Crippen molar-refractivity contribution in [1.82, 2.24) is 0 Å². The fraction of sp³-hybridized carbons (Fsp3) is 0.500. The third-order valence-electron chi connectivity index (χ3n) is 2.28. The molecule has 4 nitrogen and oxygen atoms in total. The van der Waals surface area contributed by atoms with Crippen LogP contribution in [0.25, 0.3) is 0 Å². The van der Waals surface area contributed by atoms with E-state index in [4.69, 9.17) is 9.47 Å². The summed E-state index contributed by atoms with van der Waals surface area (Å²) in [6, 6.07) is 0. The highest BCUT2D eigenvalue weighted by Crippen LogP contribution is 2.33. The second-order valence-corrected chi connectivity index (χ2v) is 6.03. The lowest BCUT2D eigenvalue weighted by atomic mass is 10.1. The van der Waals surface area contributed by atoms with Gasteiger partial charge in [0.25, 0.3) is 0 Å². The van der Waals surface area contributed by atoms with Crippen LogP contribution < -0.4 is 0 Å². The molecule has 0 saturated carbocycles. The molecule has 18 heavy (non-hydrogen) atoms. The van der Waals surface area contributed by atoms with Crippen LogP contribution in [-0.2, 0) is 20.7 Å². The molecule has 0 unspecified atom stereocenters. The second-order valence-electron chi connectivity index (χ2n) is 3.61. The highest BCUT2D eigenvalue weighted by Gasteiger charge is 2.21. The van der Waals surface area contributed by atoms with Crippen LogP contribution >= 0.6 is 27.3 Å². The molecule has 1 heterocycles. The largest absolute Gasteiger partial charge is 0.465 e. The summed E-state index contributed by atoms with van der Waals surface area (Å²) in [7, 11) is 0. The molecule has 1 aromatic rings. The van der Waals surface area contributed by atoms with Gasteiger partial charge in [0.05, 0.1) is 22.6 Å². The van der Waals surface area contributed by atoms with E-state index in [0.717, 1.165) is 14.2 Å². The highest BCUT2D eigenvalue weighted by atomic mass is 79.9. The van der Waals surface area contributed by atoms with Crippen molar-refractivity contribution in [3.05, 3.63) is 19.8 Å². The Morgan fingerprint density at radius 3 is 2.56 bits per heavy atom. The first-order chi connectivity index (χ1) is 8.47. The van der Waals surface area contributed by atoms with Crippen LogP contribution in [0.15, 0.2) is 3.79 Å². The molecular weight excluding hydrogens is 320 g/mol.